The molecule has 0 aromatic carbocycles. The first-order chi connectivity index (χ1) is 7.80. The maximum absolute atomic E-state index is 4.10. The zero-order chi connectivity index (χ0) is 11.8. The Bertz CT molecular complexity index is 285. The summed E-state index contributed by atoms with van der Waals surface area (Å²) >= 11 is 1.60. The molecule has 0 aliphatic rings. The van der Waals surface area contributed by atoms with E-state index >= 15 is 0 Å². The number of thioether (sulfide) groups is 1. The van der Waals surface area contributed by atoms with Crippen molar-refractivity contribution >= 4 is 17.6 Å². The van der Waals surface area contributed by atoms with E-state index in [9.17, 15) is 0 Å². The molecule has 0 spiro atoms. The molecular weight excluding hydrogens is 220 g/mol. The van der Waals surface area contributed by atoms with Crippen molar-refractivity contribution in [3.63, 3.8) is 0 Å². The minimum Gasteiger partial charge on any atom is -0.367 e. The van der Waals surface area contributed by atoms with Gasteiger partial charge in [-0.25, -0.2) is 0 Å². The van der Waals surface area contributed by atoms with E-state index in [-0.39, 0.29) is 0 Å². The zero-order valence-electron chi connectivity index (χ0n) is 10.2. The first-order valence-electron chi connectivity index (χ1n) is 5.64. The molecular formula is C11H20N4S. The fourth-order valence-electron chi connectivity index (χ4n) is 1.41. The van der Waals surface area contributed by atoms with E-state index < -0.39 is 0 Å². The van der Waals surface area contributed by atoms with Gasteiger partial charge >= 0.3 is 0 Å². The van der Waals surface area contributed by atoms with Crippen molar-refractivity contribution in [1.82, 2.24) is 15.1 Å². The summed E-state index contributed by atoms with van der Waals surface area (Å²) in [6.07, 6.45) is 2.00. The van der Waals surface area contributed by atoms with Gasteiger partial charge in [-0.3, -0.25) is 0 Å². The topological polar surface area (TPSA) is 41.0 Å². The van der Waals surface area contributed by atoms with Crippen LogP contribution in [0.3, 0.4) is 0 Å². The molecule has 1 aromatic rings. The Labute approximate surface area is 102 Å². The van der Waals surface area contributed by atoms with Gasteiger partial charge in [0.1, 0.15) is 10.8 Å². The van der Waals surface area contributed by atoms with Gasteiger partial charge in [0, 0.05) is 13.1 Å². The highest BCUT2D eigenvalue weighted by atomic mass is 32.2. The van der Waals surface area contributed by atoms with Crippen LogP contribution < -0.4 is 5.32 Å². The number of rotatable bonds is 7. The lowest BCUT2D eigenvalue weighted by Gasteiger charge is -2.17. The lowest BCUT2D eigenvalue weighted by molar-refractivity contribution is 0.316. The highest BCUT2D eigenvalue weighted by molar-refractivity contribution is 7.98. The number of hydrogen-bond donors (Lipinski definition) is 1. The second-order valence-corrected chi connectivity index (χ2v) is 4.24. The molecule has 0 saturated carbocycles. The molecule has 0 aliphatic carbocycles. The zero-order valence-corrected chi connectivity index (χ0v) is 11.0. The quantitative estimate of drug-likeness (QED) is 0.738. The van der Waals surface area contributed by atoms with E-state index in [1.165, 1.54) is 0 Å². The van der Waals surface area contributed by atoms with Gasteiger partial charge in [-0.2, -0.15) is 0 Å². The van der Waals surface area contributed by atoms with E-state index in [0.29, 0.717) is 0 Å². The third kappa shape index (κ3) is 4.37. The average molecular weight is 240 g/mol. The van der Waals surface area contributed by atoms with Crippen LogP contribution in [0.5, 0.6) is 0 Å². The van der Waals surface area contributed by atoms with Gasteiger partial charge in [-0.1, -0.05) is 13.8 Å². The summed E-state index contributed by atoms with van der Waals surface area (Å²) in [4.78, 5) is 2.37. The smallest absolute Gasteiger partial charge is 0.148 e. The minimum absolute atomic E-state index is 0.852. The molecule has 0 atom stereocenters. The van der Waals surface area contributed by atoms with Gasteiger partial charge in [-0.15, -0.1) is 22.0 Å². The van der Waals surface area contributed by atoms with Gasteiger partial charge in [0.15, 0.2) is 0 Å². The largest absolute Gasteiger partial charge is 0.367 e. The van der Waals surface area contributed by atoms with Crippen LogP contribution in [0.1, 0.15) is 13.8 Å². The van der Waals surface area contributed by atoms with Gasteiger partial charge in [-0.05, 0) is 31.5 Å². The summed E-state index contributed by atoms with van der Waals surface area (Å²) < 4.78 is 0. The Balaban J connectivity index is 2.31. The lowest BCUT2D eigenvalue weighted by Crippen LogP contribution is -2.28. The molecule has 0 saturated heterocycles. The van der Waals surface area contributed by atoms with Crippen LogP contribution in [-0.4, -0.2) is 47.5 Å². The monoisotopic (exact) mass is 240 g/mol. The Morgan fingerprint density at radius 3 is 2.50 bits per heavy atom. The molecule has 4 nitrogen and oxygen atoms in total. The SMILES string of the molecule is CCN(CC)CCNc1ccc(SC)nn1. The molecule has 1 heterocycles. The molecule has 1 aromatic heterocycles. The summed E-state index contributed by atoms with van der Waals surface area (Å²) in [5.41, 5.74) is 0. The molecule has 0 amide bonds. The second kappa shape index (κ2) is 7.46. The first kappa shape index (κ1) is 13.3. The molecule has 16 heavy (non-hydrogen) atoms. The molecule has 90 valence electrons. The van der Waals surface area contributed by atoms with E-state index in [4.69, 9.17) is 0 Å². The Hall–Kier alpha value is -0.810. The Morgan fingerprint density at radius 2 is 2.00 bits per heavy atom. The Morgan fingerprint density at radius 1 is 1.25 bits per heavy atom. The standard InChI is InChI=1S/C11H20N4S/c1-4-15(5-2)9-8-12-10-6-7-11(16-3)14-13-10/h6-7H,4-5,8-9H2,1-3H3,(H,12,13). The molecule has 0 aliphatic heterocycles. The normalized spacial score (nSPS) is 10.8. The maximum Gasteiger partial charge on any atom is 0.148 e. The third-order valence-corrected chi connectivity index (χ3v) is 3.11. The summed E-state index contributed by atoms with van der Waals surface area (Å²) in [6.45, 7) is 8.49. The number of anilines is 1. The van der Waals surface area contributed by atoms with Crippen molar-refractivity contribution in [2.75, 3.05) is 37.8 Å². The van der Waals surface area contributed by atoms with Crippen molar-refractivity contribution in [3.8, 4) is 0 Å². The van der Waals surface area contributed by atoms with E-state index in [0.717, 1.165) is 37.0 Å². The van der Waals surface area contributed by atoms with Crippen LogP contribution in [0.15, 0.2) is 17.2 Å². The Kier molecular flexibility index (Phi) is 6.18. The number of likely N-dealkylation sites (N-methyl/N-ethyl adjacent to an activating group) is 1. The molecule has 0 radical (unpaired) electrons. The third-order valence-electron chi connectivity index (χ3n) is 2.48. The molecule has 1 N–H and O–H groups in total. The van der Waals surface area contributed by atoms with Gasteiger partial charge in [0.05, 0.1) is 0 Å². The number of aromatic nitrogens is 2. The highest BCUT2D eigenvalue weighted by Gasteiger charge is 1.99. The summed E-state index contributed by atoms with van der Waals surface area (Å²) in [5.74, 6) is 0.852. The van der Waals surface area contributed by atoms with Gasteiger partial charge in [0.25, 0.3) is 0 Å². The van der Waals surface area contributed by atoms with Crippen molar-refractivity contribution in [1.29, 1.82) is 0 Å². The number of hydrogen-bond acceptors (Lipinski definition) is 5. The van der Waals surface area contributed by atoms with Crippen molar-refractivity contribution in [2.45, 2.75) is 18.9 Å². The molecule has 0 unspecified atom stereocenters. The fraction of sp³-hybridized carbons (Fsp3) is 0.636. The molecule has 5 heteroatoms. The predicted molar refractivity (Wildman–Crippen MR) is 70.1 cm³/mol. The summed E-state index contributed by atoms with van der Waals surface area (Å²) in [5, 5.41) is 12.4. The van der Waals surface area contributed by atoms with Crippen LogP contribution in [-0.2, 0) is 0 Å². The molecule has 1 rings (SSSR count). The molecule has 0 bridgehead atoms. The van der Waals surface area contributed by atoms with Crippen LogP contribution in [0.4, 0.5) is 5.82 Å². The van der Waals surface area contributed by atoms with Crippen molar-refractivity contribution in [2.24, 2.45) is 0 Å². The van der Waals surface area contributed by atoms with Gasteiger partial charge in [0.2, 0.25) is 0 Å². The highest BCUT2D eigenvalue weighted by Crippen LogP contribution is 2.10. The first-order valence-corrected chi connectivity index (χ1v) is 6.86. The van der Waals surface area contributed by atoms with E-state index in [2.05, 4.69) is 34.3 Å². The lowest BCUT2D eigenvalue weighted by atomic mass is 10.4. The van der Waals surface area contributed by atoms with Crippen molar-refractivity contribution < 1.29 is 0 Å². The summed E-state index contributed by atoms with van der Waals surface area (Å²) in [6, 6.07) is 3.96. The number of nitrogens with one attached hydrogen (secondary N) is 1. The molecule has 0 fully saturated rings. The predicted octanol–water partition coefficient (Wildman–Crippen LogP) is 1.95. The summed E-state index contributed by atoms with van der Waals surface area (Å²) in [7, 11) is 0. The van der Waals surface area contributed by atoms with Crippen molar-refractivity contribution in [3.05, 3.63) is 12.1 Å². The van der Waals surface area contributed by atoms with E-state index in [1.807, 2.05) is 18.4 Å². The van der Waals surface area contributed by atoms with Crippen LogP contribution in [0, 0.1) is 0 Å². The van der Waals surface area contributed by atoms with E-state index in [1.54, 1.807) is 11.8 Å². The minimum atomic E-state index is 0.852. The average Bonchev–Trinajstić information content (AvgIpc) is 2.35. The second-order valence-electron chi connectivity index (χ2n) is 3.41. The van der Waals surface area contributed by atoms with Gasteiger partial charge < -0.3 is 10.2 Å². The fourth-order valence-corrected chi connectivity index (χ4v) is 1.73. The van der Waals surface area contributed by atoms with Crippen LogP contribution >= 0.6 is 11.8 Å². The number of nitrogens with zero attached hydrogens (tertiary/aromatic N) is 3. The maximum atomic E-state index is 4.10. The van der Waals surface area contributed by atoms with Crippen LogP contribution in [0.25, 0.3) is 0 Å². The van der Waals surface area contributed by atoms with Crippen LogP contribution in [0.2, 0.25) is 0 Å².